The highest BCUT2D eigenvalue weighted by molar-refractivity contribution is 5.36. The van der Waals surface area contributed by atoms with Crippen LogP contribution in [0.1, 0.15) is 31.9 Å². The average molecular weight is 299 g/mol. The Hall–Kier alpha value is -1.17. The number of ether oxygens (including phenoxy) is 3. The molecule has 120 valence electrons. The molecule has 5 heteroatoms. The topological polar surface area (TPSA) is 39.7 Å². The minimum atomic E-state index is -0.284. The van der Waals surface area contributed by atoms with Crippen molar-refractivity contribution in [1.29, 1.82) is 0 Å². The van der Waals surface area contributed by atoms with E-state index in [2.05, 4.69) is 5.32 Å². The SMILES string of the molecule is CCNC(C)c1ccc(F)cc1OCCCOCCOC. The highest BCUT2D eigenvalue weighted by Crippen LogP contribution is 2.26. The molecule has 0 spiro atoms. The largest absolute Gasteiger partial charge is 0.493 e. The predicted octanol–water partition coefficient (Wildman–Crippen LogP) is 2.93. The summed E-state index contributed by atoms with van der Waals surface area (Å²) in [6.07, 6.45) is 0.759. The molecule has 4 nitrogen and oxygen atoms in total. The monoisotopic (exact) mass is 299 g/mol. The Kier molecular flexibility index (Phi) is 8.98. The van der Waals surface area contributed by atoms with Crippen LogP contribution >= 0.6 is 0 Å². The molecular weight excluding hydrogens is 273 g/mol. The van der Waals surface area contributed by atoms with Gasteiger partial charge in [0, 0.05) is 37.8 Å². The minimum absolute atomic E-state index is 0.128. The van der Waals surface area contributed by atoms with Crippen molar-refractivity contribution in [2.24, 2.45) is 0 Å². The van der Waals surface area contributed by atoms with E-state index >= 15 is 0 Å². The Morgan fingerprint density at radius 2 is 2.00 bits per heavy atom. The summed E-state index contributed by atoms with van der Waals surface area (Å²) in [5.41, 5.74) is 0.971. The Morgan fingerprint density at radius 3 is 2.71 bits per heavy atom. The van der Waals surface area contributed by atoms with Crippen molar-refractivity contribution in [3.8, 4) is 5.75 Å². The van der Waals surface area contributed by atoms with E-state index in [1.54, 1.807) is 13.2 Å². The first-order valence-corrected chi connectivity index (χ1v) is 7.41. The van der Waals surface area contributed by atoms with Crippen LogP contribution in [0.5, 0.6) is 5.75 Å². The van der Waals surface area contributed by atoms with Crippen LogP contribution in [0.2, 0.25) is 0 Å². The second kappa shape index (κ2) is 10.5. The maximum absolute atomic E-state index is 13.4. The van der Waals surface area contributed by atoms with Crippen LogP contribution in [0.3, 0.4) is 0 Å². The molecule has 1 rings (SSSR count). The van der Waals surface area contributed by atoms with E-state index in [0.29, 0.717) is 32.2 Å². The van der Waals surface area contributed by atoms with Crippen LogP contribution in [-0.4, -0.2) is 40.1 Å². The molecule has 0 radical (unpaired) electrons. The first kappa shape index (κ1) is 17.9. The summed E-state index contributed by atoms with van der Waals surface area (Å²) in [6.45, 7) is 7.22. The normalized spacial score (nSPS) is 12.4. The smallest absolute Gasteiger partial charge is 0.126 e. The van der Waals surface area contributed by atoms with Crippen LogP contribution in [0.4, 0.5) is 4.39 Å². The molecule has 0 aliphatic carbocycles. The molecule has 0 aliphatic heterocycles. The molecule has 0 saturated heterocycles. The van der Waals surface area contributed by atoms with Gasteiger partial charge in [0.2, 0.25) is 0 Å². The molecular formula is C16H26FNO3. The lowest BCUT2D eigenvalue weighted by atomic mass is 10.1. The van der Waals surface area contributed by atoms with Crippen molar-refractivity contribution in [2.75, 3.05) is 40.1 Å². The van der Waals surface area contributed by atoms with Crippen molar-refractivity contribution in [1.82, 2.24) is 5.32 Å². The van der Waals surface area contributed by atoms with Gasteiger partial charge in [-0.05, 0) is 19.5 Å². The maximum Gasteiger partial charge on any atom is 0.126 e. The number of nitrogens with one attached hydrogen (secondary N) is 1. The van der Waals surface area contributed by atoms with Crippen molar-refractivity contribution in [3.63, 3.8) is 0 Å². The Bertz CT molecular complexity index is 401. The first-order chi connectivity index (χ1) is 10.2. The summed E-state index contributed by atoms with van der Waals surface area (Å²) in [5.74, 6) is 0.314. The molecule has 1 N–H and O–H groups in total. The van der Waals surface area contributed by atoms with Gasteiger partial charge in [0.05, 0.1) is 19.8 Å². The molecule has 0 saturated carbocycles. The quantitative estimate of drug-likeness (QED) is 0.638. The fourth-order valence-corrected chi connectivity index (χ4v) is 1.99. The molecule has 0 fully saturated rings. The number of halogens is 1. The zero-order chi connectivity index (χ0) is 15.5. The molecule has 0 aliphatic rings. The molecule has 1 atom stereocenters. The summed E-state index contributed by atoms with van der Waals surface area (Å²) >= 11 is 0. The Balaban J connectivity index is 2.43. The highest BCUT2D eigenvalue weighted by atomic mass is 19.1. The van der Waals surface area contributed by atoms with Gasteiger partial charge >= 0.3 is 0 Å². The third-order valence-electron chi connectivity index (χ3n) is 3.07. The van der Waals surface area contributed by atoms with Crippen LogP contribution in [0.15, 0.2) is 18.2 Å². The zero-order valence-electron chi connectivity index (χ0n) is 13.2. The van der Waals surface area contributed by atoms with Gasteiger partial charge in [-0.2, -0.15) is 0 Å². The Labute approximate surface area is 126 Å². The van der Waals surface area contributed by atoms with Gasteiger partial charge in [-0.15, -0.1) is 0 Å². The molecule has 0 amide bonds. The summed E-state index contributed by atoms with van der Waals surface area (Å²) < 4.78 is 29.3. The highest BCUT2D eigenvalue weighted by Gasteiger charge is 2.11. The van der Waals surface area contributed by atoms with E-state index in [4.69, 9.17) is 14.2 Å². The molecule has 0 heterocycles. The second-order valence-electron chi connectivity index (χ2n) is 4.77. The molecule has 1 aromatic carbocycles. The number of methoxy groups -OCH3 is 1. The van der Waals surface area contributed by atoms with Crippen LogP contribution < -0.4 is 10.1 Å². The molecule has 0 bridgehead atoms. The van der Waals surface area contributed by atoms with Gasteiger partial charge in [-0.25, -0.2) is 4.39 Å². The second-order valence-corrected chi connectivity index (χ2v) is 4.77. The maximum atomic E-state index is 13.4. The summed E-state index contributed by atoms with van der Waals surface area (Å²) in [7, 11) is 1.64. The third kappa shape index (κ3) is 6.89. The van der Waals surface area contributed by atoms with Crippen LogP contribution in [0.25, 0.3) is 0 Å². The summed E-state index contributed by atoms with van der Waals surface area (Å²) in [5, 5.41) is 3.31. The van der Waals surface area contributed by atoms with E-state index < -0.39 is 0 Å². The average Bonchev–Trinajstić information content (AvgIpc) is 2.46. The lowest BCUT2D eigenvalue weighted by molar-refractivity contribution is 0.0643. The molecule has 21 heavy (non-hydrogen) atoms. The van der Waals surface area contributed by atoms with Gasteiger partial charge in [0.25, 0.3) is 0 Å². The van der Waals surface area contributed by atoms with Crippen molar-refractivity contribution >= 4 is 0 Å². The van der Waals surface area contributed by atoms with Gasteiger partial charge in [0.1, 0.15) is 11.6 Å². The van der Waals surface area contributed by atoms with E-state index in [-0.39, 0.29) is 11.9 Å². The van der Waals surface area contributed by atoms with Gasteiger partial charge in [-0.1, -0.05) is 13.0 Å². The van der Waals surface area contributed by atoms with Crippen LogP contribution in [-0.2, 0) is 9.47 Å². The van der Waals surface area contributed by atoms with E-state index in [9.17, 15) is 4.39 Å². The molecule has 0 aromatic heterocycles. The van der Waals surface area contributed by atoms with Crippen molar-refractivity contribution in [2.45, 2.75) is 26.3 Å². The first-order valence-electron chi connectivity index (χ1n) is 7.41. The van der Waals surface area contributed by atoms with E-state index in [1.165, 1.54) is 12.1 Å². The van der Waals surface area contributed by atoms with E-state index in [1.807, 2.05) is 13.8 Å². The van der Waals surface area contributed by atoms with Crippen molar-refractivity contribution in [3.05, 3.63) is 29.6 Å². The number of rotatable bonds is 11. The minimum Gasteiger partial charge on any atom is -0.493 e. The van der Waals surface area contributed by atoms with Gasteiger partial charge < -0.3 is 19.5 Å². The summed E-state index contributed by atoms with van der Waals surface area (Å²) in [6, 6.07) is 4.80. The fraction of sp³-hybridized carbons (Fsp3) is 0.625. The number of hydrogen-bond acceptors (Lipinski definition) is 4. The van der Waals surface area contributed by atoms with Gasteiger partial charge in [0.15, 0.2) is 0 Å². The standard InChI is InChI=1S/C16H26FNO3/c1-4-18-13(2)15-7-6-14(17)12-16(15)21-9-5-8-20-11-10-19-3/h6-7,12-13,18H,4-5,8-11H2,1-3H3. The molecule has 1 aromatic rings. The number of hydrogen-bond donors (Lipinski definition) is 1. The lowest BCUT2D eigenvalue weighted by Crippen LogP contribution is -2.19. The number of benzene rings is 1. The lowest BCUT2D eigenvalue weighted by Gasteiger charge is -2.17. The predicted molar refractivity (Wildman–Crippen MR) is 81.3 cm³/mol. The third-order valence-corrected chi connectivity index (χ3v) is 3.07. The summed E-state index contributed by atoms with van der Waals surface area (Å²) in [4.78, 5) is 0. The van der Waals surface area contributed by atoms with E-state index in [0.717, 1.165) is 18.5 Å². The molecule has 1 unspecified atom stereocenters. The Morgan fingerprint density at radius 1 is 1.19 bits per heavy atom. The zero-order valence-corrected chi connectivity index (χ0v) is 13.2. The van der Waals surface area contributed by atoms with Gasteiger partial charge in [-0.3, -0.25) is 0 Å². The van der Waals surface area contributed by atoms with Crippen molar-refractivity contribution < 1.29 is 18.6 Å². The fourth-order valence-electron chi connectivity index (χ4n) is 1.99. The van der Waals surface area contributed by atoms with Crippen LogP contribution in [0, 0.1) is 5.82 Å².